The van der Waals surface area contributed by atoms with Crippen LogP contribution in [0.5, 0.6) is 11.5 Å². The number of imidazole rings is 1. The van der Waals surface area contributed by atoms with E-state index in [2.05, 4.69) is 39.9 Å². The molecule has 4 aromatic heterocycles. The molecule has 23 nitrogen and oxygen atoms in total. The molecule has 2 saturated heterocycles. The lowest BCUT2D eigenvalue weighted by atomic mass is 9.79. The van der Waals surface area contributed by atoms with Gasteiger partial charge in [0.15, 0.2) is 34.9 Å². The molecule has 0 bridgehead atoms. The van der Waals surface area contributed by atoms with Crippen LogP contribution >= 0.6 is 19.4 Å². The normalized spacial score (nSPS) is 21.4. The number of aromatic amines is 1. The fourth-order valence-corrected chi connectivity index (χ4v) is 12.2. The quantitative estimate of drug-likeness (QED) is 0.0306. The lowest BCUT2D eigenvalue weighted by Gasteiger charge is -2.39. The first-order valence-electron chi connectivity index (χ1n) is 26.4. The van der Waals surface area contributed by atoms with Crippen molar-refractivity contribution in [1.29, 1.82) is 5.26 Å². The van der Waals surface area contributed by atoms with E-state index in [0.29, 0.717) is 40.2 Å². The first-order valence-corrected chi connectivity index (χ1v) is 28.6. The third-order valence-electron chi connectivity index (χ3n) is 14.1. The Morgan fingerprint density at radius 2 is 1.49 bits per heavy atom. The van der Waals surface area contributed by atoms with Crippen LogP contribution in [0.25, 0.3) is 22.2 Å². The second-order valence-corrected chi connectivity index (χ2v) is 21.9. The summed E-state index contributed by atoms with van der Waals surface area (Å²) in [5.74, 6) is -0.355. The van der Waals surface area contributed by atoms with E-state index in [1.807, 2.05) is 43.3 Å². The average molecular weight is 1170 g/mol. The smallest absolute Gasteiger partial charge is 0.475 e. The number of phosphoric ester groups is 1. The number of amides is 2. The van der Waals surface area contributed by atoms with Gasteiger partial charge < -0.3 is 33.7 Å². The molecule has 3 N–H and O–H groups in total. The lowest BCUT2D eigenvalue weighted by molar-refractivity contribution is -0.118. The van der Waals surface area contributed by atoms with Gasteiger partial charge in [-0.15, -0.1) is 0 Å². The number of phosphoric acid groups is 1. The van der Waals surface area contributed by atoms with Crippen LogP contribution in [0.3, 0.4) is 0 Å². The highest BCUT2D eigenvalue weighted by Gasteiger charge is 2.55. The minimum absolute atomic E-state index is 0.0412. The van der Waals surface area contributed by atoms with E-state index in [0.717, 1.165) is 11.5 Å². The zero-order valence-corrected chi connectivity index (χ0v) is 47.5. The number of carbonyl (C=O) groups excluding carboxylic acids is 2. The predicted octanol–water partition coefficient (Wildman–Crippen LogP) is 9.00. The third-order valence-corrected chi connectivity index (χ3v) is 16.5. The summed E-state index contributed by atoms with van der Waals surface area (Å²) in [4.78, 5) is 60.2. The summed E-state index contributed by atoms with van der Waals surface area (Å²) in [6.45, 7) is 4.01. The average Bonchev–Trinajstić information content (AvgIpc) is 4.31. The Bertz CT molecular complexity index is 3670. The minimum Gasteiger partial charge on any atom is -0.497 e. The van der Waals surface area contributed by atoms with E-state index in [4.69, 9.17) is 42.0 Å². The molecule has 432 valence electrons. The van der Waals surface area contributed by atoms with E-state index in [1.54, 1.807) is 92.7 Å². The number of nitrogens with zero attached hydrogens (tertiary/aromatic N) is 7. The van der Waals surface area contributed by atoms with Crippen molar-refractivity contribution in [1.82, 2.24) is 33.9 Å². The summed E-state index contributed by atoms with van der Waals surface area (Å²) in [7, 11) is -0.492. The van der Waals surface area contributed by atoms with E-state index < -0.39 is 99.0 Å². The molecular weight excluding hydrogens is 1110 g/mol. The molecule has 0 aliphatic carbocycles. The Morgan fingerprint density at radius 3 is 2.12 bits per heavy atom. The molecule has 6 heterocycles. The van der Waals surface area contributed by atoms with Crippen LogP contribution in [0.2, 0.25) is 0 Å². The molecule has 0 radical (unpaired) electrons. The van der Waals surface area contributed by atoms with Crippen molar-refractivity contribution in [3.05, 3.63) is 159 Å². The van der Waals surface area contributed by atoms with Crippen LogP contribution in [-0.2, 0) is 47.5 Å². The Morgan fingerprint density at radius 1 is 0.831 bits per heavy atom. The summed E-state index contributed by atoms with van der Waals surface area (Å²) in [6, 6.07) is 33.8. The maximum absolute atomic E-state index is 18.6. The number of hydrogen-bond acceptors (Lipinski definition) is 20. The molecule has 2 aliphatic heterocycles. The molecule has 83 heavy (non-hydrogen) atoms. The lowest BCUT2D eigenvalue weighted by Crippen LogP contribution is -2.44. The van der Waals surface area contributed by atoms with Crippen molar-refractivity contribution in [3.8, 4) is 17.6 Å². The zero-order chi connectivity index (χ0) is 58.4. The predicted molar refractivity (Wildman–Crippen MR) is 301 cm³/mol. The molecule has 9 atom stereocenters. The van der Waals surface area contributed by atoms with Gasteiger partial charge in [0.25, 0.3) is 11.5 Å². The fraction of sp³-hybridized carbons (Fsp3) is 0.351. The number of nitrogens with one attached hydrogen (secondary N) is 3. The Hall–Kier alpha value is -7.89. The molecule has 2 amide bonds. The number of anilines is 2. The first kappa shape index (κ1) is 58.3. The fourth-order valence-electron chi connectivity index (χ4n) is 9.98. The number of alkyl halides is 1. The van der Waals surface area contributed by atoms with Gasteiger partial charge >= 0.3 is 7.82 Å². The number of methoxy groups -OCH3 is 3. The first-order chi connectivity index (χ1) is 40.2. The molecule has 0 saturated carbocycles. The highest BCUT2D eigenvalue weighted by Crippen LogP contribution is 2.57. The highest BCUT2D eigenvalue weighted by molar-refractivity contribution is 7.48. The topological polar surface area (TPSA) is 284 Å². The van der Waals surface area contributed by atoms with Crippen LogP contribution in [0.15, 0.2) is 127 Å². The highest BCUT2D eigenvalue weighted by atomic mass is 32.1. The third kappa shape index (κ3) is 11.9. The zero-order valence-electron chi connectivity index (χ0n) is 45.7. The molecule has 26 heteroatoms. The van der Waals surface area contributed by atoms with Crippen molar-refractivity contribution in [2.45, 2.75) is 88.2 Å². The molecular formula is C57H58FN10O13PS. The molecule has 4 aromatic carbocycles. The van der Waals surface area contributed by atoms with Gasteiger partial charge in [-0.2, -0.15) is 9.64 Å². The van der Waals surface area contributed by atoms with Crippen molar-refractivity contribution in [2.24, 2.45) is 5.92 Å². The van der Waals surface area contributed by atoms with Crippen molar-refractivity contribution < 1.29 is 60.5 Å². The molecule has 2 fully saturated rings. The van der Waals surface area contributed by atoms with E-state index in [-0.39, 0.29) is 45.3 Å². The number of carbonyl (C=O) groups is 2. The van der Waals surface area contributed by atoms with Crippen LogP contribution in [0.1, 0.15) is 77.9 Å². The van der Waals surface area contributed by atoms with E-state index >= 15 is 8.96 Å². The van der Waals surface area contributed by atoms with Crippen LogP contribution < -0.4 is 25.7 Å². The molecule has 2 aliphatic rings. The summed E-state index contributed by atoms with van der Waals surface area (Å²) in [5.41, 5.74) is -0.0782. The molecule has 2 unspecified atom stereocenters. The van der Waals surface area contributed by atoms with Crippen LogP contribution in [0, 0.1) is 17.2 Å². The van der Waals surface area contributed by atoms with E-state index in [1.165, 1.54) is 38.6 Å². The maximum Gasteiger partial charge on any atom is 0.475 e. The second kappa shape index (κ2) is 25.3. The largest absolute Gasteiger partial charge is 0.497 e. The summed E-state index contributed by atoms with van der Waals surface area (Å²) in [5, 5.41) is 15.1. The van der Waals surface area contributed by atoms with E-state index in [9.17, 15) is 19.6 Å². The number of rotatable bonds is 23. The Labute approximate surface area is 479 Å². The van der Waals surface area contributed by atoms with Crippen LogP contribution in [0.4, 0.5) is 16.2 Å². The van der Waals surface area contributed by atoms with Gasteiger partial charge in [0, 0.05) is 18.6 Å². The van der Waals surface area contributed by atoms with Gasteiger partial charge in [0.1, 0.15) is 59.5 Å². The molecule has 8 aromatic rings. The monoisotopic (exact) mass is 1170 g/mol. The van der Waals surface area contributed by atoms with Crippen molar-refractivity contribution >= 4 is 65.1 Å². The number of hydrogen-bond donors (Lipinski definition) is 3. The van der Waals surface area contributed by atoms with Gasteiger partial charge in [0.2, 0.25) is 11.9 Å². The Balaban J connectivity index is 1.06. The standard InChI is InChI=1S/C57H58FN10O13PS/c1-7-39-46(75-6)47(48(78-39)49-42-43(67-83-49)54(71)66-56(63-42)65-52(69)32(2)3)81-82(72,76-28-14-27-59)77-29-40-45(41(58)55(79-40)68-31-62-44-50(60-30-61-51(44)68)64-53(70)33-15-10-8-11-16-33)80-57(34-17-12-9-13-18-34,35-19-23-37(73-4)24-20-35)36-21-25-38(74-5)26-22-36/h8-13,15-26,30-32,39-41,45-48,55H,7,14,28-29H2,1-6H3,(H,60,61,64,70)(H2,63,65,66,69,71)/t39-,40-,41-,45?,46-,47-,48-,55-,82?/m1/s1. The van der Waals surface area contributed by atoms with Gasteiger partial charge in [-0.3, -0.25) is 42.8 Å². The molecule has 0 spiro atoms. The summed E-state index contributed by atoms with van der Waals surface area (Å²) in [6.07, 6.45) is -8.39. The van der Waals surface area contributed by atoms with Crippen molar-refractivity contribution in [2.75, 3.05) is 45.2 Å². The van der Waals surface area contributed by atoms with Gasteiger partial charge in [-0.25, -0.2) is 28.9 Å². The number of ether oxygens (including phenoxy) is 6. The minimum atomic E-state index is -4.98. The summed E-state index contributed by atoms with van der Waals surface area (Å²) >= 11 is 0.875. The van der Waals surface area contributed by atoms with Crippen LogP contribution in [-0.4, -0.2) is 117 Å². The summed E-state index contributed by atoms with van der Waals surface area (Å²) < 4.78 is 96.4. The van der Waals surface area contributed by atoms with Gasteiger partial charge in [-0.05, 0) is 71.0 Å². The van der Waals surface area contributed by atoms with Gasteiger partial charge in [0.05, 0.1) is 57.2 Å². The number of halogens is 1. The van der Waals surface area contributed by atoms with Crippen molar-refractivity contribution in [3.63, 3.8) is 0 Å². The second-order valence-electron chi connectivity index (χ2n) is 19.5. The number of aromatic nitrogens is 7. The maximum atomic E-state index is 18.6. The SMILES string of the molecule is CC[C@H]1O[C@@H](c2snc3c(=O)[nH]c(NC(=O)C(C)C)nc23)[C@H](OP(=O)(OCCC#N)OC[C@H]2O[C@@H](n3cnc4c(NC(=O)c5ccccc5)ncnc43)[C@H](F)C2OC(c2ccccc2)(c2ccc(OC)cc2)c2ccc(OC)cc2)[C@@H]1OC. The number of benzene rings is 4. The van der Waals surface area contributed by atoms with Gasteiger partial charge in [-0.1, -0.05) is 93.6 Å². The number of nitriles is 1. The molecule has 10 rings (SSSR count). The number of fused-ring (bicyclic) bond motifs is 2. The number of H-pyrrole nitrogens is 1. The Kier molecular flexibility index (Phi) is 17.8.